The number of halogens is 5. The van der Waals surface area contributed by atoms with Crippen LogP contribution in [0.25, 0.3) is 11.0 Å². The number of aromatic nitrogens is 2. The largest absolute Gasteiger partial charge is 0.389 e. The van der Waals surface area contributed by atoms with Crippen molar-refractivity contribution in [3.05, 3.63) is 27.2 Å². The van der Waals surface area contributed by atoms with Crippen LogP contribution in [0.5, 0.6) is 0 Å². The van der Waals surface area contributed by atoms with E-state index in [-0.39, 0.29) is 22.2 Å². The van der Waals surface area contributed by atoms with Crippen molar-refractivity contribution in [2.75, 3.05) is 0 Å². The Labute approximate surface area is 119 Å². The van der Waals surface area contributed by atoms with Crippen molar-refractivity contribution in [1.82, 2.24) is 9.55 Å². The molecule has 2 nitrogen and oxygen atoms in total. The molecular weight excluding hydrogens is 348 g/mol. The van der Waals surface area contributed by atoms with Gasteiger partial charge in [0.05, 0.1) is 15.5 Å². The first-order valence-corrected chi connectivity index (χ1v) is 6.62. The molecule has 104 valence electrons. The van der Waals surface area contributed by atoms with Crippen LogP contribution in [0.15, 0.2) is 16.6 Å². The first kappa shape index (κ1) is 14.5. The van der Waals surface area contributed by atoms with Gasteiger partial charge >= 0.3 is 6.18 Å². The minimum atomic E-state index is -4.19. The van der Waals surface area contributed by atoms with E-state index in [4.69, 9.17) is 12.2 Å². The number of hydrogen-bond donors (Lipinski definition) is 1. The molecular formula is C11H9BrF4N2S. The van der Waals surface area contributed by atoms with Crippen LogP contribution in [0, 0.1) is 10.6 Å². The van der Waals surface area contributed by atoms with E-state index in [0.29, 0.717) is 11.0 Å². The minimum Gasteiger partial charge on any atom is -0.331 e. The SMILES string of the molecule is Fc1cc2c(cc1Br)[nH]c(=S)n2CCCC(F)(F)F. The molecule has 1 aromatic heterocycles. The molecule has 0 aliphatic rings. The number of rotatable bonds is 3. The number of aromatic amines is 1. The number of nitrogens with one attached hydrogen (secondary N) is 1. The van der Waals surface area contributed by atoms with E-state index in [0.717, 1.165) is 0 Å². The summed E-state index contributed by atoms with van der Waals surface area (Å²) in [5.41, 5.74) is 1.05. The number of aryl methyl sites for hydroxylation is 1. The lowest BCUT2D eigenvalue weighted by Gasteiger charge is -2.07. The second-order valence-corrected chi connectivity index (χ2v) is 5.33. The number of alkyl halides is 3. The molecule has 0 radical (unpaired) electrons. The molecule has 1 N–H and O–H groups in total. The van der Waals surface area contributed by atoms with Gasteiger partial charge in [0.1, 0.15) is 5.82 Å². The van der Waals surface area contributed by atoms with Gasteiger partial charge < -0.3 is 9.55 Å². The molecule has 0 saturated carbocycles. The molecule has 0 saturated heterocycles. The summed E-state index contributed by atoms with van der Waals surface area (Å²) in [5.74, 6) is -0.480. The lowest BCUT2D eigenvalue weighted by atomic mass is 10.2. The Balaban J connectivity index is 2.30. The van der Waals surface area contributed by atoms with Crippen LogP contribution in [0.1, 0.15) is 12.8 Å². The number of benzene rings is 1. The molecule has 1 heterocycles. The summed E-state index contributed by atoms with van der Waals surface area (Å²) in [6.45, 7) is 0.0966. The average Bonchev–Trinajstić information content (AvgIpc) is 2.55. The van der Waals surface area contributed by atoms with Gasteiger partial charge in [-0.3, -0.25) is 0 Å². The summed E-state index contributed by atoms with van der Waals surface area (Å²) in [4.78, 5) is 2.84. The highest BCUT2D eigenvalue weighted by Crippen LogP contribution is 2.25. The molecule has 0 fully saturated rings. The van der Waals surface area contributed by atoms with Gasteiger partial charge in [0.2, 0.25) is 0 Å². The fourth-order valence-corrected chi connectivity index (χ4v) is 2.45. The smallest absolute Gasteiger partial charge is 0.331 e. The number of hydrogen-bond acceptors (Lipinski definition) is 1. The summed E-state index contributed by atoms with van der Waals surface area (Å²) >= 11 is 8.08. The standard InChI is InChI=1S/C11H9BrF4N2S/c12-6-4-8-9(5-7(6)13)18(10(19)17-8)3-1-2-11(14,15)16/h4-5H,1-3H2,(H,17,19). The van der Waals surface area contributed by atoms with E-state index >= 15 is 0 Å². The van der Waals surface area contributed by atoms with E-state index in [1.54, 1.807) is 0 Å². The van der Waals surface area contributed by atoms with E-state index in [2.05, 4.69) is 20.9 Å². The highest BCUT2D eigenvalue weighted by molar-refractivity contribution is 9.10. The Kier molecular flexibility index (Phi) is 4.00. The second-order valence-electron chi connectivity index (χ2n) is 4.08. The zero-order valence-electron chi connectivity index (χ0n) is 9.52. The van der Waals surface area contributed by atoms with Gasteiger partial charge in [-0.25, -0.2) is 4.39 Å². The molecule has 2 aromatic rings. The normalized spacial score (nSPS) is 12.3. The average molecular weight is 357 g/mol. The molecule has 2 rings (SSSR count). The highest BCUT2D eigenvalue weighted by Gasteiger charge is 2.26. The Morgan fingerprint density at radius 1 is 1.32 bits per heavy atom. The summed E-state index contributed by atoms with van der Waals surface area (Å²) in [5, 5.41) is 0. The van der Waals surface area contributed by atoms with Crippen LogP contribution in [-0.2, 0) is 6.54 Å². The summed E-state index contributed by atoms with van der Waals surface area (Å²) < 4.78 is 51.8. The Bertz CT molecular complexity index is 659. The van der Waals surface area contributed by atoms with Crippen molar-refractivity contribution < 1.29 is 17.6 Å². The number of imidazole rings is 1. The topological polar surface area (TPSA) is 20.7 Å². The lowest BCUT2D eigenvalue weighted by molar-refractivity contribution is -0.135. The maximum absolute atomic E-state index is 13.5. The molecule has 0 bridgehead atoms. The first-order valence-electron chi connectivity index (χ1n) is 5.42. The second kappa shape index (κ2) is 5.24. The van der Waals surface area contributed by atoms with Crippen LogP contribution in [0.2, 0.25) is 0 Å². The van der Waals surface area contributed by atoms with Crippen molar-refractivity contribution in [3.8, 4) is 0 Å². The van der Waals surface area contributed by atoms with Gasteiger partial charge in [0.15, 0.2) is 4.77 Å². The number of H-pyrrole nitrogens is 1. The van der Waals surface area contributed by atoms with Gasteiger partial charge in [-0.1, -0.05) is 0 Å². The van der Waals surface area contributed by atoms with Gasteiger partial charge in [0.25, 0.3) is 0 Å². The fraction of sp³-hybridized carbons (Fsp3) is 0.364. The maximum Gasteiger partial charge on any atom is 0.389 e. The number of nitrogens with zero attached hydrogens (tertiary/aromatic N) is 1. The molecule has 8 heteroatoms. The molecule has 0 atom stereocenters. The summed E-state index contributed by atoms with van der Waals surface area (Å²) in [6, 6.07) is 2.76. The van der Waals surface area contributed by atoms with Crippen molar-refractivity contribution in [3.63, 3.8) is 0 Å². The predicted octanol–water partition coefficient (Wildman–Crippen LogP) is 4.94. The van der Waals surface area contributed by atoms with Gasteiger partial charge in [-0.2, -0.15) is 13.2 Å². The van der Waals surface area contributed by atoms with Crippen LogP contribution in [0.4, 0.5) is 17.6 Å². The van der Waals surface area contributed by atoms with Crippen molar-refractivity contribution in [2.24, 2.45) is 0 Å². The number of fused-ring (bicyclic) bond motifs is 1. The van der Waals surface area contributed by atoms with E-state index in [1.807, 2.05) is 0 Å². The quantitative estimate of drug-likeness (QED) is 0.609. The van der Waals surface area contributed by atoms with Gasteiger partial charge in [0, 0.05) is 19.0 Å². The molecule has 19 heavy (non-hydrogen) atoms. The van der Waals surface area contributed by atoms with E-state index in [9.17, 15) is 17.6 Å². The summed E-state index contributed by atoms with van der Waals surface area (Å²) in [7, 11) is 0. The first-order chi connectivity index (χ1) is 8.78. The third-order valence-corrected chi connectivity index (χ3v) is 3.59. The summed E-state index contributed by atoms with van der Waals surface area (Å²) in [6.07, 6.45) is -5.18. The Morgan fingerprint density at radius 3 is 2.63 bits per heavy atom. The highest BCUT2D eigenvalue weighted by atomic mass is 79.9. The third kappa shape index (κ3) is 3.36. The molecule has 0 amide bonds. The Hall–Kier alpha value is -0.890. The minimum absolute atomic E-state index is 0.0948. The molecule has 1 aromatic carbocycles. The van der Waals surface area contributed by atoms with Crippen molar-refractivity contribution >= 4 is 39.2 Å². The van der Waals surface area contributed by atoms with Crippen LogP contribution < -0.4 is 0 Å². The monoisotopic (exact) mass is 356 g/mol. The van der Waals surface area contributed by atoms with Crippen LogP contribution >= 0.6 is 28.1 Å². The van der Waals surface area contributed by atoms with Crippen molar-refractivity contribution in [2.45, 2.75) is 25.6 Å². The molecule has 0 spiro atoms. The third-order valence-electron chi connectivity index (χ3n) is 2.66. The zero-order chi connectivity index (χ0) is 14.2. The fourth-order valence-electron chi connectivity index (χ4n) is 1.81. The van der Waals surface area contributed by atoms with Crippen molar-refractivity contribution in [1.29, 1.82) is 0 Å². The zero-order valence-corrected chi connectivity index (χ0v) is 11.9. The maximum atomic E-state index is 13.5. The van der Waals surface area contributed by atoms with Gasteiger partial charge in [-0.05, 0) is 40.6 Å². The van der Waals surface area contributed by atoms with Crippen LogP contribution in [0.3, 0.4) is 0 Å². The molecule has 0 unspecified atom stereocenters. The molecule has 0 aliphatic heterocycles. The van der Waals surface area contributed by atoms with Crippen LogP contribution in [-0.4, -0.2) is 15.7 Å². The van der Waals surface area contributed by atoms with Gasteiger partial charge in [-0.15, -0.1) is 0 Å². The predicted molar refractivity (Wildman–Crippen MR) is 70.1 cm³/mol. The van der Waals surface area contributed by atoms with E-state index < -0.39 is 18.4 Å². The molecule has 0 aliphatic carbocycles. The lowest BCUT2D eigenvalue weighted by Crippen LogP contribution is -2.09. The van der Waals surface area contributed by atoms with E-state index in [1.165, 1.54) is 16.7 Å². The Morgan fingerprint density at radius 2 is 2.00 bits per heavy atom.